The Morgan fingerprint density at radius 3 is 3.12 bits per heavy atom. The third-order valence-corrected chi connectivity index (χ3v) is 2.97. The standard InChI is InChI=1S/C9H11ClN4OS/c1-16(15)5-4-11-9-12-8-3-2-7(10)6-14(8)13-9/h2-3,6H,4-5H2,1H3,(H,11,13). The van der Waals surface area contributed by atoms with Crippen LogP contribution in [-0.4, -0.2) is 37.4 Å². The van der Waals surface area contributed by atoms with Crippen molar-refractivity contribution in [3.63, 3.8) is 0 Å². The molecule has 2 aromatic rings. The first-order valence-corrected chi connectivity index (χ1v) is 6.81. The topological polar surface area (TPSA) is 59.3 Å². The van der Waals surface area contributed by atoms with Crippen molar-refractivity contribution in [2.45, 2.75) is 0 Å². The summed E-state index contributed by atoms with van der Waals surface area (Å²) in [6, 6.07) is 3.55. The normalized spacial score (nSPS) is 12.9. The van der Waals surface area contributed by atoms with E-state index in [1.165, 1.54) is 0 Å². The predicted octanol–water partition coefficient (Wildman–Crippen LogP) is 1.17. The van der Waals surface area contributed by atoms with Crippen molar-refractivity contribution in [3.05, 3.63) is 23.4 Å². The quantitative estimate of drug-likeness (QED) is 0.895. The van der Waals surface area contributed by atoms with Crippen LogP contribution in [0.15, 0.2) is 18.3 Å². The van der Waals surface area contributed by atoms with Gasteiger partial charge >= 0.3 is 0 Å². The molecular weight excluding hydrogens is 248 g/mol. The van der Waals surface area contributed by atoms with Crippen LogP contribution in [-0.2, 0) is 10.8 Å². The van der Waals surface area contributed by atoms with Gasteiger partial charge in [-0.05, 0) is 12.1 Å². The lowest BCUT2D eigenvalue weighted by Gasteiger charge is -1.97. The molecule has 5 nitrogen and oxygen atoms in total. The van der Waals surface area contributed by atoms with E-state index in [2.05, 4.69) is 15.4 Å². The van der Waals surface area contributed by atoms with Gasteiger partial charge in [0.25, 0.3) is 0 Å². The summed E-state index contributed by atoms with van der Waals surface area (Å²) in [5, 5.41) is 7.80. The Bertz CT molecular complexity index is 527. The number of fused-ring (bicyclic) bond motifs is 1. The number of rotatable bonds is 4. The highest BCUT2D eigenvalue weighted by Crippen LogP contribution is 2.11. The minimum Gasteiger partial charge on any atom is -0.352 e. The molecule has 0 bridgehead atoms. The number of hydrogen-bond donors (Lipinski definition) is 1. The van der Waals surface area contributed by atoms with Gasteiger partial charge in [-0.25, -0.2) is 4.52 Å². The molecule has 16 heavy (non-hydrogen) atoms. The fourth-order valence-corrected chi connectivity index (χ4v) is 1.78. The molecule has 0 radical (unpaired) electrons. The monoisotopic (exact) mass is 258 g/mol. The molecule has 2 rings (SSSR count). The highest BCUT2D eigenvalue weighted by atomic mass is 35.5. The van der Waals surface area contributed by atoms with E-state index in [1.54, 1.807) is 29.1 Å². The van der Waals surface area contributed by atoms with Gasteiger partial charge in [0.1, 0.15) is 0 Å². The van der Waals surface area contributed by atoms with Gasteiger partial charge in [0.2, 0.25) is 5.95 Å². The Kier molecular flexibility index (Phi) is 3.40. The number of halogens is 1. The lowest BCUT2D eigenvalue weighted by atomic mass is 10.5. The van der Waals surface area contributed by atoms with Gasteiger partial charge in [-0.2, -0.15) is 4.98 Å². The molecule has 2 aromatic heterocycles. The van der Waals surface area contributed by atoms with E-state index in [0.29, 0.717) is 23.3 Å². The van der Waals surface area contributed by atoms with Gasteiger partial charge in [0, 0.05) is 35.5 Å². The number of aromatic nitrogens is 3. The zero-order chi connectivity index (χ0) is 11.5. The van der Waals surface area contributed by atoms with Crippen LogP contribution in [0.2, 0.25) is 5.02 Å². The second kappa shape index (κ2) is 4.80. The van der Waals surface area contributed by atoms with Gasteiger partial charge in [-0.1, -0.05) is 11.6 Å². The number of hydrogen-bond acceptors (Lipinski definition) is 4. The van der Waals surface area contributed by atoms with Crippen molar-refractivity contribution in [3.8, 4) is 0 Å². The summed E-state index contributed by atoms with van der Waals surface area (Å²) in [5.41, 5.74) is 0.726. The van der Waals surface area contributed by atoms with Crippen LogP contribution in [0.5, 0.6) is 0 Å². The molecule has 0 amide bonds. The number of nitrogens with zero attached hydrogens (tertiary/aromatic N) is 3. The van der Waals surface area contributed by atoms with Crippen LogP contribution in [0.3, 0.4) is 0 Å². The van der Waals surface area contributed by atoms with Crippen LogP contribution < -0.4 is 5.32 Å². The van der Waals surface area contributed by atoms with Crippen molar-refractivity contribution in [1.29, 1.82) is 0 Å². The summed E-state index contributed by atoms with van der Waals surface area (Å²) in [6.07, 6.45) is 3.35. The largest absolute Gasteiger partial charge is 0.352 e. The van der Waals surface area contributed by atoms with Crippen LogP contribution in [0, 0.1) is 0 Å². The minimum absolute atomic E-state index is 0.521. The molecule has 86 valence electrons. The summed E-state index contributed by atoms with van der Waals surface area (Å²) in [6.45, 7) is 0.591. The molecule has 1 atom stereocenters. The van der Waals surface area contributed by atoms with Crippen LogP contribution in [0.4, 0.5) is 5.95 Å². The predicted molar refractivity (Wildman–Crippen MR) is 65.4 cm³/mol. The van der Waals surface area contributed by atoms with Gasteiger partial charge < -0.3 is 5.32 Å². The van der Waals surface area contributed by atoms with Crippen LogP contribution in [0.1, 0.15) is 0 Å². The lowest BCUT2D eigenvalue weighted by Crippen LogP contribution is -2.10. The van der Waals surface area contributed by atoms with Gasteiger partial charge in [-0.3, -0.25) is 4.21 Å². The zero-order valence-electron chi connectivity index (χ0n) is 8.68. The average molecular weight is 259 g/mol. The van der Waals surface area contributed by atoms with Crippen LogP contribution in [0.25, 0.3) is 5.65 Å². The van der Waals surface area contributed by atoms with Crippen molar-refractivity contribution < 1.29 is 4.21 Å². The van der Waals surface area contributed by atoms with Crippen molar-refractivity contribution in [2.75, 3.05) is 23.9 Å². The zero-order valence-corrected chi connectivity index (χ0v) is 10.3. The van der Waals surface area contributed by atoms with E-state index in [1.807, 2.05) is 0 Å². The molecule has 1 N–H and O–H groups in total. The third kappa shape index (κ3) is 2.70. The highest BCUT2D eigenvalue weighted by molar-refractivity contribution is 7.84. The molecule has 0 spiro atoms. The molecule has 0 saturated heterocycles. The van der Waals surface area contributed by atoms with E-state index in [4.69, 9.17) is 11.6 Å². The third-order valence-electron chi connectivity index (χ3n) is 1.97. The second-order valence-corrected chi connectivity index (χ2v) is 5.28. The summed E-state index contributed by atoms with van der Waals surface area (Å²) >= 11 is 5.82. The molecule has 0 fully saturated rings. The molecule has 0 aromatic carbocycles. The number of anilines is 1. The molecule has 0 aliphatic heterocycles. The van der Waals surface area contributed by atoms with Gasteiger partial charge in [0.15, 0.2) is 5.65 Å². The number of nitrogens with one attached hydrogen (secondary N) is 1. The molecule has 0 saturated carbocycles. The smallest absolute Gasteiger partial charge is 0.243 e. The first-order chi connectivity index (χ1) is 7.65. The summed E-state index contributed by atoms with van der Waals surface area (Å²) < 4.78 is 12.5. The fraction of sp³-hybridized carbons (Fsp3) is 0.333. The first-order valence-electron chi connectivity index (χ1n) is 4.71. The van der Waals surface area contributed by atoms with Crippen molar-refractivity contribution in [2.24, 2.45) is 0 Å². The lowest BCUT2D eigenvalue weighted by molar-refractivity contribution is 0.687. The van der Waals surface area contributed by atoms with E-state index in [9.17, 15) is 4.21 Å². The highest BCUT2D eigenvalue weighted by Gasteiger charge is 2.02. The molecule has 1 unspecified atom stereocenters. The maximum absolute atomic E-state index is 10.9. The fourth-order valence-electron chi connectivity index (χ4n) is 1.24. The summed E-state index contributed by atoms with van der Waals surface area (Å²) in [5.74, 6) is 1.10. The van der Waals surface area contributed by atoms with E-state index < -0.39 is 10.8 Å². The molecule has 2 heterocycles. The van der Waals surface area contributed by atoms with Gasteiger partial charge in [0.05, 0.1) is 5.02 Å². The Balaban J connectivity index is 2.10. The van der Waals surface area contributed by atoms with E-state index >= 15 is 0 Å². The van der Waals surface area contributed by atoms with E-state index in [-0.39, 0.29) is 0 Å². The Labute approximate surface area is 100 Å². The first kappa shape index (κ1) is 11.3. The number of pyridine rings is 1. The Morgan fingerprint density at radius 1 is 1.56 bits per heavy atom. The maximum Gasteiger partial charge on any atom is 0.243 e. The van der Waals surface area contributed by atoms with Crippen molar-refractivity contribution in [1.82, 2.24) is 14.6 Å². The van der Waals surface area contributed by atoms with Gasteiger partial charge in [-0.15, -0.1) is 5.10 Å². The SMILES string of the molecule is CS(=O)CCNc1nc2ccc(Cl)cn2n1. The summed E-state index contributed by atoms with van der Waals surface area (Å²) in [7, 11) is -0.807. The minimum atomic E-state index is -0.807. The van der Waals surface area contributed by atoms with Crippen LogP contribution >= 0.6 is 11.6 Å². The Morgan fingerprint density at radius 2 is 2.38 bits per heavy atom. The maximum atomic E-state index is 10.9. The second-order valence-electron chi connectivity index (χ2n) is 3.29. The summed E-state index contributed by atoms with van der Waals surface area (Å²) in [4.78, 5) is 4.23. The van der Waals surface area contributed by atoms with Crippen molar-refractivity contribution >= 4 is 34.0 Å². The molecule has 7 heteroatoms. The van der Waals surface area contributed by atoms with E-state index in [0.717, 1.165) is 5.65 Å². The Hall–Kier alpha value is -1.14. The molecule has 0 aliphatic carbocycles. The average Bonchev–Trinajstić information content (AvgIpc) is 2.58. The molecule has 0 aliphatic rings. The molecular formula is C9H11ClN4OS.